The fourth-order valence-corrected chi connectivity index (χ4v) is 3.65. The van der Waals surface area contributed by atoms with Gasteiger partial charge in [0.1, 0.15) is 17.4 Å². The van der Waals surface area contributed by atoms with Gasteiger partial charge in [-0.1, -0.05) is 6.07 Å². The molecule has 2 aromatic carbocycles. The molecule has 0 fully saturated rings. The smallest absolute Gasteiger partial charge is 0.143 e. The third-order valence-electron chi connectivity index (χ3n) is 5.33. The van der Waals surface area contributed by atoms with Crippen molar-refractivity contribution in [3.8, 4) is 11.4 Å². The first-order chi connectivity index (χ1) is 16.0. The average Bonchev–Trinajstić information content (AvgIpc) is 3.26. The SMILES string of the molecule is COc1cc(/C=C2\CCCN=C2N/C(C)=C\Nc2ccc(F)cc2)ccc1-n1cnc(C)c1. The first kappa shape index (κ1) is 22.3. The summed E-state index contributed by atoms with van der Waals surface area (Å²) in [6, 6.07) is 12.4. The minimum absolute atomic E-state index is 0.254. The Bertz CT molecular complexity index is 1210. The molecule has 6 nitrogen and oxygen atoms in total. The number of halogens is 1. The first-order valence-corrected chi connectivity index (χ1v) is 10.9. The number of hydrogen-bond donors (Lipinski definition) is 2. The first-order valence-electron chi connectivity index (χ1n) is 10.9. The monoisotopic (exact) mass is 445 g/mol. The van der Waals surface area contributed by atoms with Crippen LogP contribution in [0.3, 0.4) is 0 Å². The Labute approximate surface area is 193 Å². The lowest BCUT2D eigenvalue weighted by atomic mass is 10.0. The summed E-state index contributed by atoms with van der Waals surface area (Å²) in [6.07, 6.45) is 9.72. The fraction of sp³-hybridized carbons (Fsp3) is 0.231. The lowest BCUT2D eigenvalue weighted by Gasteiger charge is -2.19. The van der Waals surface area contributed by atoms with Crippen molar-refractivity contribution in [3.63, 3.8) is 0 Å². The van der Waals surface area contributed by atoms with Crippen LogP contribution in [0.2, 0.25) is 0 Å². The Balaban J connectivity index is 1.51. The second-order valence-electron chi connectivity index (χ2n) is 7.96. The lowest BCUT2D eigenvalue weighted by molar-refractivity contribution is 0.413. The molecule has 0 radical (unpaired) electrons. The van der Waals surface area contributed by atoms with Gasteiger partial charge in [0.05, 0.1) is 24.8 Å². The number of aryl methyl sites for hydroxylation is 1. The standard InChI is InChI=1S/C26H28FN5O/c1-18(15-29-23-9-7-22(27)8-10-23)31-26-21(5-4-12-28-26)13-20-6-11-24(25(14-20)33-3)32-16-19(2)30-17-32/h6-11,13-17,29H,4-5,12H2,1-3H3,(H,28,31)/b18-15-,21-13+. The Kier molecular flexibility index (Phi) is 6.88. The quantitative estimate of drug-likeness (QED) is 0.528. The van der Waals surface area contributed by atoms with Crippen LogP contribution in [0.25, 0.3) is 11.8 Å². The number of amidine groups is 1. The van der Waals surface area contributed by atoms with E-state index in [2.05, 4.69) is 27.8 Å². The Hall–Kier alpha value is -3.87. The molecule has 170 valence electrons. The summed E-state index contributed by atoms with van der Waals surface area (Å²) in [5.74, 6) is 1.39. The summed E-state index contributed by atoms with van der Waals surface area (Å²) in [6.45, 7) is 4.72. The number of allylic oxidation sites excluding steroid dienone is 1. The van der Waals surface area contributed by atoms with Crippen LogP contribution in [-0.4, -0.2) is 29.0 Å². The minimum atomic E-state index is -0.254. The summed E-state index contributed by atoms with van der Waals surface area (Å²) in [7, 11) is 1.68. The van der Waals surface area contributed by atoms with E-state index in [1.807, 2.05) is 42.9 Å². The van der Waals surface area contributed by atoms with Crippen LogP contribution in [0.5, 0.6) is 5.75 Å². The highest BCUT2D eigenvalue weighted by Gasteiger charge is 2.13. The van der Waals surface area contributed by atoms with E-state index in [0.717, 1.165) is 64.9 Å². The van der Waals surface area contributed by atoms with Crippen LogP contribution in [-0.2, 0) is 0 Å². The van der Waals surface area contributed by atoms with Gasteiger partial charge in [-0.15, -0.1) is 0 Å². The van der Waals surface area contributed by atoms with Gasteiger partial charge in [-0.05, 0) is 80.3 Å². The van der Waals surface area contributed by atoms with E-state index in [1.54, 1.807) is 25.6 Å². The molecule has 0 saturated carbocycles. The van der Waals surface area contributed by atoms with Crippen molar-refractivity contribution in [1.82, 2.24) is 14.9 Å². The third-order valence-corrected chi connectivity index (χ3v) is 5.33. The number of anilines is 1. The molecule has 2 N–H and O–H groups in total. The molecule has 1 aromatic heterocycles. The lowest BCUT2D eigenvalue weighted by Crippen LogP contribution is -2.27. The number of imidazole rings is 1. The minimum Gasteiger partial charge on any atom is -0.495 e. The molecular weight excluding hydrogens is 417 g/mol. The van der Waals surface area contributed by atoms with E-state index in [0.29, 0.717) is 0 Å². The van der Waals surface area contributed by atoms with Gasteiger partial charge in [0, 0.05) is 30.3 Å². The van der Waals surface area contributed by atoms with E-state index in [4.69, 9.17) is 9.73 Å². The van der Waals surface area contributed by atoms with Gasteiger partial charge >= 0.3 is 0 Å². The van der Waals surface area contributed by atoms with Crippen molar-refractivity contribution in [2.75, 3.05) is 19.0 Å². The molecule has 4 rings (SSSR count). The molecule has 7 heteroatoms. The molecule has 0 amide bonds. The summed E-state index contributed by atoms with van der Waals surface area (Å²) >= 11 is 0. The number of ether oxygens (including phenoxy) is 1. The molecule has 0 atom stereocenters. The summed E-state index contributed by atoms with van der Waals surface area (Å²) in [4.78, 5) is 9.00. The Morgan fingerprint density at radius 3 is 2.73 bits per heavy atom. The van der Waals surface area contributed by atoms with E-state index in [9.17, 15) is 4.39 Å². The molecule has 1 aliphatic rings. The maximum atomic E-state index is 13.1. The normalized spacial score (nSPS) is 15.3. The number of benzene rings is 2. The van der Waals surface area contributed by atoms with Crippen LogP contribution in [0.4, 0.5) is 10.1 Å². The Morgan fingerprint density at radius 1 is 1.18 bits per heavy atom. The highest BCUT2D eigenvalue weighted by atomic mass is 19.1. The predicted octanol–water partition coefficient (Wildman–Crippen LogP) is 5.47. The molecule has 2 heterocycles. The summed E-state index contributed by atoms with van der Waals surface area (Å²) in [5.41, 5.74) is 5.82. The van der Waals surface area contributed by atoms with Gasteiger partial charge in [0.15, 0.2) is 0 Å². The highest BCUT2D eigenvalue weighted by Crippen LogP contribution is 2.27. The van der Waals surface area contributed by atoms with Crippen LogP contribution in [0, 0.1) is 12.7 Å². The topological polar surface area (TPSA) is 63.5 Å². The molecule has 0 spiro atoms. The Morgan fingerprint density at radius 2 is 2.00 bits per heavy atom. The van der Waals surface area contributed by atoms with E-state index in [1.165, 1.54) is 12.1 Å². The van der Waals surface area contributed by atoms with Crippen LogP contribution in [0.1, 0.15) is 31.0 Å². The number of aromatic nitrogens is 2. The van der Waals surface area contributed by atoms with Crippen molar-refractivity contribution in [1.29, 1.82) is 0 Å². The highest BCUT2D eigenvalue weighted by molar-refractivity contribution is 6.03. The average molecular weight is 446 g/mol. The second kappa shape index (κ2) is 10.2. The molecule has 0 saturated heterocycles. The number of methoxy groups -OCH3 is 1. The molecule has 3 aromatic rings. The van der Waals surface area contributed by atoms with Gasteiger partial charge in [0.2, 0.25) is 0 Å². The number of aliphatic imine (C=N–C) groups is 1. The molecule has 0 unspecified atom stereocenters. The maximum Gasteiger partial charge on any atom is 0.143 e. The van der Waals surface area contributed by atoms with E-state index >= 15 is 0 Å². The van der Waals surface area contributed by atoms with Gasteiger partial charge < -0.3 is 19.9 Å². The van der Waals surface area contributed by atoms with E-state index in [-0.39, 0.29) is 5.82 Å². The zero-order valence-corrected chi connectivity index (χ0v) is 19.1. The molecular formula is C26H28FN5O. The van der Waals surface area contributed by atoms with Gasteiger partial charge in [0.25, 0.3) is 0 Å². The molecule has 0 aliphatic carbocycles. The van der Waals surface area contributed by atoms with Crippen LogP contribution >= 0.6 is 0 Å². The van der Waals surface area contributed by atoms with Gasteiger partial charge in [-0.25, -0.2) is 9.37 Å². The zero-order valence-electron chi connectivity index (χ0n) is 19.1. The summed E-state index contributed by atoms with van der Waals surface area (Å²) < 4.78 is 20.7. The largest absolute Gasteiger partial charge is 0.495 e. The predicted molar refractivity (Wildman–Crippen MR) is 131 cm³/mol. The van der Waals surface area contributed by atoms with Crippen molar-refractivity contribution in [2.45, 2.75) is 26.7 Å². The van der Waals surface area contributed by atoms with Crippen molar-refractivity contribution >= 4 is 17.6 Å². The maximum absolute atomic E-state index is 13.1. The molecule has 0 bridgehead atoms. The number of nitrogens with one attached hydrogen (secondary N) is 2. The van der Waals surface area contributed by atoms with Crippen molar-refractivity contribution in [2.24, 2.45) is 4.99 Å². The number of hydrogen-bond acceptors (Lipinski definition) is 5. The zero-order chi connectivity index (χ0) is 23.2. The molecule has 1 aliphatic heterocycles. The molecule has 33 heavy (non-hydrogen) atoms. The number of nitrogens with zero attached hydrogens (tertiary/aromatic N) is 3. The fourth-order valence-electron chi connectivity index (χ4n) is 3.65. The van der Waals surface area contributed by atoms with Gasteiger partial charge in [-0.3, -0.25) is 4.99 Å². The van der Waals surface area contributed by atoms with Crippen molar-refractivity contribution < 1.29 is 9.13 Å². The van der Waals surface area contributed by atoms with Crippen LogP contribution in [0.15, 0.2) is 77.5 Å². The summed E-state index contributed by atoms with van der Waals surface area (Å²) in [5, 5.41) is 6.58. The second-order valence-corrected chi connectivity index (χ2v) is 7.96. The van der Waals surface area contributed by atoms with Gasteiger partial charge in [-0.2, -0.15) is 0 Å². The number of rotatable bonds is 6. The van der Waals surface area contributed by atoms with E-state index < -0.39 is 0 Å². The van der Waals surface area contributed by atoms with Crippen LogP contribution < -0.4 is 15.4 Å². The van der Waals surface area contributed by atoms with Crippen molar-refractivity contribution in [3.05, 3.63) is 89.5 Å². The third kappa shape index (κ3) is 5.68.